The highest BCUT2D eigenvalue weighted by Crippen LogP contribution is 2.20. The van der Waals surface area contributed by atoms with Gasteiger partial charge in [0.05, 0.1) is 25.4 Å². The summed E-state index contributed by atoms with van der Waals surface area (Å²) in [5.74, 6) is -0.00671. The summed E-state index contributed by atoms with van der Waals surface area (Å²) in [4.78, 5) is 24.6. The first kappa shape index (κ1) is 78.6. The Kier molecular flexibility index (Phi) is 68.9. The quantitative estimate of drug-likeness (QED) is 0.0320. The first-order valence-electron chi connectivity index (χ1n) is 36.9. The minimum atomic E-state index is -0.657. The number of allylic oxidation sites excluding steroid dienone is 2. The molecule has 2 unspecified atom stereocenters. The highest BCUT2D eigenvalue weighted by molar-refractivity contribution is 5.76. The standard InChI is InChI=1S/C74H145NO5/c1-3-5-7-9-11-13-14-15-16-17-35-39-42-45-48-52-56-60-64-68-74(79)80-69-65-61-57-53-49-46-43-40-37-34-32-30-28-26-24-22-20-18-19-21-23-25-27-29-31-33-36-38-41-44-47-51-55-59-63-67-73(78)75-71(70-76)72(77)66-62-58-54-50-12-10-8-6-4-2/h15-16,71-72,76-77H,3-14,17-70H2,1-2H3,(H,75,78)/b16-15-. The van der Waals surface area contributed by atoms with Crippen LogP contribution in [0, 0.1) is 0 Å². The van der Waals surface area contributed by atoms with Gasteiger partial charge in [0.15, 0.2) is 0 Å². The molecule has 0 aromatic heterocycles. The fourth-order valence-electron chi connectivity index (χ4n) is 11.9. The van der Waals surface area contributed by atoms with Gasteiger partial charge in [0.25, 0.3) is 0 Å². The van der Waals surface area contributed by atoms with Gasteiger partial charge in [0.1, 0.15) is 0 Å². The molecule has 0 spiro atoms. The molecule has 0 radical (unpaired) electrons. The fourth-order valence-corrected chi connectivity index (χ4v) is 11.9. The summed E-state index contributed by atoms with van der Waals surface area (Å²) in [6, 6.07) is -0.534. The van der Waals surface area contributed by atoms with E-state index >= 15 is 0 Å². The van der Waals surface area contributed by atoms with Crippen molar-refractivity contribution in [1.82, 2.24) is 5.32 Å². The molecule has 0 aliphatic rings. The zero-order valence-corrected chi connectivity index (χ0v) is 54.6. The molecule has 476 valence electrons. The number of hydrogen-bond donors (Lipinski definition) is 3. The van der Waals surface area contributed by atoms with Gasteiger partial charge < -0.3 is 20.3 Å². The number of rotatable bonds is 70. The van der Waals surface area contributed by atoms with Gasteiger partial charge in [-0.15, -0.1) is 0 Å². The van der Waals surface area contributed by atoms with Crippen LogP contribution < -0.4 is 5.32 Å². The van der Waals surface area contributed by atoms with Crippen molar-refractivity contribution in [3.05, 3.63) is 12.2 Å². The van der Waals surface area contributed by atoms with Crippen LogP contribution in [0.15, 0.2) is 12.2 Å². The number of esters is 1. The monoisotopic (exact) mass is 1130 g/mol. The SMILES string of the molecule is CCCCCCCC/C=C\CCCCCCCCCCCC(=O)OCCCCCCCCCCCCCCCCCCCCCCCCCCCCCCCCCCCCCC(=O)NC(CO)C(O)CCCCCCCCCCC. The smallest absolute Gasteiger partial charge is 0.305 e. The van der Waals surface area contributed by atoms with E-state index in [0.717, 1.165) is 38.5 Å². The lowest BCUT2D eigenvalue weighted by Crippen LogP contribution is -2.45. The Balaban J connectivity index is 3.26. The number of aliphatic hydroxyl groups is 2. The Morgan fingerprint density at radius 2 is 0.588 bits per heavy atom. The largest absolute Gasteiger partial charge is 0.466 e. The second kappa shape index (κ2) is 70.1. The molecule has 0 rings (SSSR count). The first-order chi connectivity index (χ1) is 39.5. The Hall–Kier alpha value is -1.40. The van der Waals surface area contributed by atoms with Crippen molar-refractivity contribution in [3.8, 4) is 0 Å². The second-order valence-electron chi connectivity index (χ2n) is 25.6. The molecule has 80 heavy (non-hydrogen) atoms. The highest BCUT2D eigenvalue weighted by atomic mass is 16.5. The molecule has 2 atom stereocenters. The molecule has 6 nitrogen and oxygen atoms in total. The van der Waals surface area contributed by atoms with E-state index < -0.39 is 12.1 Å². The van der Waals surface area contributed by atoms with E-state index in [1.54, 1.807) is 0 Å². The van der Waals surface area contributed by atoms with Gasteiger partial charge in [0, 0.05) is 12.8 Å². The van der Waals surface area contributed by atoms with E-state index in [0.29, 0.717) is 25.9 Å². The van der Waals surface area contributed by atoms with Crippen molar-refractivity contribution in [2.24, 2.45) is 0 Å². The van der Waals surface area contributed by atoms with Crippen LogP contribution in [-0.2, 0) is 14.3 Å². The number of carbonyl (C=O) groups is 2. The van der Waals surface area contributed by atoms with Crippen molar-refractivity contribution in [2.45, 2.75) is 437 Å². The first-order valence-corrected chi connectivity index (χ1v) is 36.9. The van der Waals surface area contributed by atoms with Crippen LogP contribution in [0.25, 0.3) is 0 Å². The van der Waals surface area contributed by atoms with Crippen LogP contribution in [0.4, 0.5) is 0 Å². The van der Waals surface area contributed by atoms with Crippen molar-refractivity contribution in [2.75, 3.05) is 13.2 Å². The zero-order chi connectivity index (χ0) is 57.8. The molecule has 6 heteroatoms. The number of ether oxygens (including phenoxy) is 1. The van der Waals surface area contributed by atoms with Gasteiger partial charge in [-0.1, -0.05) is 373 Å². The number of carbonyl (C=O) groups excluding carboxylic acids is 2. The summed E-state index contributed by atoms with van der Waals surface area (Å²) >= 11 is 0. The molecule has 1 amide bonds. The maximum absolute atomic E-state index is 12.4. The Labute approximate surface area is 501 Å². The number of unbranched alkanes of at least 4 members (excludes halogenated alkanes) is 57. The van der Waals surface area contributed by atoms with Gasteiger partial charge >= 0.3 is 5.97 Å². The number of aliphatic hydroxyl groups excluding tert-OH is 2. The maximum Gasteiger partial charge on any atom is 0.305 e. The molecule has 0 bridgehead atoms. The van der Waals surface area contributed by atoms with Gasteiger partial charge in [-0.05, 0) is 51.4 Å². The summed E-state index contributed by atoms with van der Waals surface area (Å²) in [5, 5.41) is 23.2. The average molecular weight is 1130 g/mol. The second-order valence-corrected chi connectivity index (χ2v) is 25.6. The lowest BCUT2D eigenvalue weighted by atomic mass is 10.0. The summed E-state index contributed by atoms with van der Waals surface area (Å²) in [6.07, 6.45) is 87.3. The topological polar surface area (TPSA) is 95.9 Å². The van der Waals surface area contributed by atoms with E-state index in [2.05, 4.69) is 31.3 Å². The van der Waals surface area contributed by atoms with E-state index in [-0.39, 0.29) is 18.5 Å². The summed E-state index contributed by atoms with van der Waals surface area (Å²) in [5.41, 5.74) is 0. The molecule has 0 aliphatic carbocycles. The maximum atomic E-state index is 12.4. The van der Waals surface area contributed by atoms with Crippen LogP contribution in [0.5, 0.6) is 0 Å². The third-order valence-corrected chi connectivity index (χ3v) is 17.6. The molecule has 0 heterocycles. The Morgan fingerprint density at radius 1 is 0.338 bits per heavy atom. The van der Waals surface area contributed by atoms with Crippen molar-refractivity contribution in [1.29, 1.82) is 0 Å². The van der Waals surface area contributed by atoms with Crippen LogP contribution in [0.3, 0.4) is 0 Å². The van der Waals surface area contributed by atoms with Crippen molar-refractivity contribution in [3.63, 3.8) is 0 Å². The third kappa shape index (κ3) is 65.7. The van der Waals surface area contributed by atoms with E-state index in [4.69, 9.17) is 4.74 Å². The molecule has 0 aliphatic heterocycles. The predicted molar refractivity (Wildman–Crippen MR) is 352 cm³/mol. The Bertz CT molecular complexity index is 1210. The fraction of sp³-hybridized carbons (Fsp3) is 0.946. The van der Waals surface area contributed by atoms with E-state index in [9.17, 15) is 19.8 Å². The molecule has 0 aromatic rings. The van der Waals surface area contributed by atoms with Crippen molar-refractivity contribution >= 4 is 11.9 Å². The summed E-state index contributed by atoms with van der Waals surface area (Å²) in [6.45, 7) is 4.97. The van der Waals surface area contributed by atoms with Crippen molar-refractivity contribution < 1.29 is 24.5 Å². The summed E-state index contributed by atoms with van der Waals surface area (Å²) in [7, 11) is 0. The van der Waals surface area contributed by atoms with Crippen LogP contribution in [0.1, 0.15) is 425 Å². The number of amides is 1. The van der Waals surface area contributed by atoms with E-state index in [1.165, 1.54) is 353 Å². The third-order valence-electron chi connectivity index (χ3n) is 17.6. The van der Waals surface area contributed by atoms with Gasteiger partial charge in [0.2, 0.25) is 5.91 Å². The minimum absolute atomic E-state index is 0.0231. The van der Waals surface area contributed by atoms with Gasteiger partial charge in [-0.3, -0.25) is 9.59 Å². The van der Waals surface area contributed by atoms with E-state index in [1.807, 2.05) is 0 Å². The van der Waals surface area contributed by atoms with Crippen LogP contribution in [-0.4, -0.2) is 47.4 Å². The van der Waals surface area contributed by atoms with Gasteiger partial charge in [-0.25, -0.2) is 0 Å². The average Bonchev–Trinajstić information content (AvgIpc) is 3.46. The number of hydrogen-bond acceptors (Lipinski definition) is 5. The lowest BCUT2D eigenvalue weighted by molar-refractivity contribution is -0.143. The highest BCUT2D eigenvalue weighted by Gasteiger charge is 2.20. The summed E-state index contributed by atoms with van der Waals surface area (Å²) < 4.78 is 5.52. The number of nitrogens with one attached hydrogen (secondary N) is 1. The normalized spacial score (nSPS) is 12.5. The van der Waals surface area contributed by atoms with Gasteiger partial charge in [-0.2, -0.15) is 0 Å². The Morgan fingerprint density at radius 3 is 0.887 bits per heavy atom. The molecule has 0 fully saturated rings. The molecular formula is C74H145NO5. The van der Waals surface area contributed by atoms with Crippen LogP contribution in [0.2, 0.25) is 0 Å². The lowest BCUT2D eigenvalue weighted by Gasteiger charge is -2.22. The molecule has 0 saturated carbocycles. The zero-order valence-electron chi connectivity index (χ0n) is 54.6. The molecule has 0 saturated heterocycles. The molecular weight excluding hydrogens is 983 g/mol. The predicted octanol–water partition coefficient (Wildman–Crippen LogP) is 23.9. The molecule has 0 aromatic carbocycles. The minimum Gasteiger partial charge on any atom is -0.466 e. The molecule has 3 N–H and O–H groups in total. The van der Waals surface area contributed by atoms with Crippen LogP contribution >= 0.6 is 0 Å².